The molecule has 260 valence electrons. The number of hydrogen-bond acceptors (Lipinski definition) is 9. The van der Waals surface area contributed by atoms with E-state index >= 15 is 0 Å². The summed E-state index contributed by atoms with van der Waals surface area (Å²) in [6.07, 6.45) is 2.08. The first kappa shape index (κ1) is 36.4. The van der Waals surface area contributed by atoms with Gasteiger partial charge in [0.2, 0.25) is 5.82 Å². The number of hydrogen-bond donors (Lipinski definition) is 3. The fraction of sp³-hybridized carbons (Fsp3) is 0.361. The maximum absolute atomic E-state index is 13.6. The number of aliphatic carboxylic acids is 1. The number of nitrogens with two attached hydrogens (primary N) is 1. The molecule has 0 aliphatic heterocycles. The van der Waals surface area contributed by atoms with Gasteiger partial charge in [-0.3, -0.25) is 14.4 Å². The molecule has 0 unspecified atom stereocenters. The molecule has 49 heavy (non-hydrogen) atoms. The Bertz CT molecular complexity index is 1860. The van der Waals surface area contributed by atoms with Gasteiger partial charge in [-0.05, 0) is 95.0 Å². The number of rotatable bonds is 14. The third-order valence-corrected chi connectivity index (χ3v) is 7.56. The predicted octanol–water partition coefficient (Wildman–Crippen LogP) is 5.78. The maximum Gasteiger partial charge on any atom is 0.375 e. The number of benzene rings is 3. The van der Waals surface area contributed by atoms with Gasteiger partial charge in [0.05, 0.1) is 42.8 Å². The number of ether oxygens (including phenoxy) is 3. The van der Waals surface area contributed by atoms with Crippen LogP contribution in [0.4, 0.5) is 11.4 Å². The van der Waals surface area contributed by atoms with Crippen molar-refractivity contribution >= 4 is 46.2 Å². The summed E-state index contributed by atoms with van der Waals surface area (Å²) in [6.45, 7) is 7.48. The number of methoxy groups -OCH3 is 1. The molecule has 0 saturated carbocycles. The lowest BCUT2D eigenvalue weighted by Crippen LogP contribution is -2.27. The molecule has 13 nitrogen and oxygen atoms in total. The first-order valence-corrected chi connectivity index (χ1v) is 15.9. The average molecular weight is 674 g/mol. The number of para-hydroxylation sites is 1. The number of carboxylic acid groups (broad SMARTS) is 1. The molecule has 3 aromatic carbocycles. The molecule has 0 saturated heterocycles. The highest BCUT2D eigenvalue weighted by Crippen LogP contribution is 2.32. The minimum absolute atomic E-state index is 0.0184. The zero-order valence-corrected chi connectivity index (χ0v) is 28.7. The standard InChI is InChI=1S/C36H43N5O8/c1-22-14-17-26(29(19-22)48-18-9-7-8-13-30(42)43)40(5)34(45)23-15-16-25(28(20-23)47-6)38-33(44)24-11-10-12-27-31(24)39-32(41(27)21-37)35(46)49-36(2,3)4/h10-12,14-17,19-20H,7-9,13,18,21,37H2,1-6H3,(H,38,44)(H,42,43). The van der Waals surface area contributed by atoms with Crippen molar-refractivity contribution in [2.75, 3.05) is 31.0 Å². The van der Waals surface area contributed by atoms with Crippen LogP contribution < -0.4 is 25.4 Å². The molecule has 13 heteroatoms. The number of aromatic nitrogens is 2. The van der Waals surface area contributed by atoms with Crippen LogP contribution >= 0.6 is 0 Å². The third kappa shape index (κ3) is 8.93. The Morgan fingerprint density at radius 3 is 2.43 bits per heavy atom. The van der Waals surface area contributed by atoms with E-state index in [2.05, 4.69) is 10.3 Å². The fourth-order valence-corrected chi connectivity index (χ4v) is 5.17. The number of amides is 2. The molecule has 0 fully saturated rings. The van der Waals surface area contributed by atoms with Gasteiger partial charge in [-0.2, -0.15) is 0 Å². The Hall–Kier alpha value is -5.43. The first-order valence-electron chi connectivity index (χ1n) is 15.9. The van der Waals surface area contributed by atoms with Crippen LogP contribution in [0.25, 0.3) is 11.0 Å². The summed E-state index contributed by atoms with van der Waals surface area (Å²) in [5.41, 5.74) is 8.31. The van der Waals surface area contributed by atoms with Gasteiger partial charge >= 0.3 is 11.9 Å². The summed E-state index contributed by atoms with van der Waals surface area (Å²) in [7, 11) is 3.07. The van der Waals surface area contributed by atoms with Crippen LogP contribution in [0.1, 0.15) is 83.4 Å². The Morgan fingerprint density at radius 2 is 1.76 bits per heavy atom. The van der Waals surface area contributed by atoms with Crippen molar-refractivity contribution in [1.29, 1.82) is 0 Å². The smallest absolute Gasteiger partial charge is 0.375 e. The van der Waals surface area contributed by atoms with Crippen molar-refractivity contribution in [3.63, 3.8) is 0 Å². The van der Waals surface area contributed by atoms with E-state index in [0.717, 1.165) is 5.56 Å². The normalized spacial score (nSPS) is 11.2. The molecule has 0 bridgehead atoms. The molecular weight excluding hydrogens is 630 g/mol. The van der Waals surface area contributed by atoms with Crippen LogP contribution in [0.15, 0.2) is 54.6 Å². The molecule has 2 amide bonds. The number of anilines is 2. The molecule has 0 radical (unpaired) electrons. The van der Waals surface area contributed by atoms with E-state index in [1.807, 2.05) is 19.1 Å². The van der Waals surface area contributed by atoms with Crippen LogP contribution in [0.5, 0.6) is 11.5 Å². The van der Waals surface area contributed by atoms with Gasteiger partial charge in [0.1, 0.15) is 22.6 Å². The quantitative estimate of drug-likeness (QED) is 0.110. The number of unbranched alkanes of at least 4 members (excludes halogenated alkanes) is 2. The van der Waals surface area contributed by atoms with Gasteiger partial charge in [0.15, 0.2) is 0 Å². The van der Waals surface area contributed by atoms with Crippen molar-refractivity contribution < 1.29 is 38.5 Å². The van der Waals surface area contributed by atoms with Crippen LogP contribution in [-0.2, 0) is 16.2 Å². The van der Waals surface area contributed by atoms with Crippen molar-refractivity contribution in [1.82, 2.24) is 9.55 Å². The number of esters is 1. The topological polar surface area (TPSA) is 175 Å². The van der Waals surface area contributed by atoms with Gasteiger partial charge in [0.25, 0.3) is 11.8 Å². The molecule has 0 atom stereocenters. The highest BCUT2D eigenvalue weighted by atomic mass is 16.6. The highest BCUT2D eigenvalue weighted by molar-refractivity contribution is 6.13. The van der Waals surface area contributed by atoms with Gasteiger partial charge in [-0.1, -0.05) is 12.1 Å². The summed E-state index contributed by atoms with van der Waals surface area (Å²) in [5, 5.41) is 11.7. The molecule has 4 N–H and O–H groups in total. The Labute approximate surface area is 285 Å². The number of fused-ring (bicyclic) bond motifs is 1. The zero-order valence-electron chi connectivity index (χ0n) is 28.7. The number of carbonyl (C=O) groups excluding carboxylic acids is 3. The van der Waals surface area contributed by atoms with Crippen molar-refractivity contribution in [2.45, 2.75) is 65.6 Å². The lowest BCUT2D eigenvalue weighted by Gasteiger charge is -2.22. The SMILES string of the molecule is COc1cc(C(=O)N(C)c2ccc(C)cc2OCCCCCC(=O)O)ccc1NC(=O)c1cccc2c1nc(C(=O)OC(C)(C)C)n2CN. The van der Waals surface area contributed by atoms with E-state index in [1.165, 1.54) is 22.6 Å². The first-order chi connectivity index (χ1) is 23.2. The minimum Gasteiger partial charge on any atom is -0.495 e. The summed E-state index contributed by atoms with van der Waals surface area (Å²) >= 11 is 0. The number of carboxylic acids is 1. The molecule has 4 aromatic rings. The van der Waals surface area contributed by atoms with Crippen LogP contribution in [0.3, 0.4) is 0 Å². The number of carbonyl (C=O) groups is 4. The molecular formula is C36H43N5O8. The van der Waals surface area contributed by atoms with Gasteiger partial charge in [-0.15, -0.1) is 0 Å². The third-order valence-electron chi connectivity index (χ3n) is 7.56. The monoisotopic (exact) mass is 673 g/mol. The van der Waals surface area contributed by atoms with Crippen molar-refractivity contribution in [3.8, 4) is 11.5 Å². The molecule has 0 spiro atoms. The van der Waals surface area contributed by atoms with Crippen molar-refractivity contribution in [3.05, 3.63) is 77.1 Å². The van der Waals surface area contributed by atoms with Crippen LogP contribution in [0, 0.1) is 6.92 Å². The van der Waals surface area contributed by atoms with E-state index in [-0.39, 0.29) is 41.7 Å². The largest absolute Gasteiger partial charge is 0.495 e. The maximum atomic E-state index is 13.6. The summed E-state index contributed by atoms with van der Waals surface area (Å²) < 4.78 is 18.6. The molecule has 0 aliphatic rings. The fourth-order valence-electron chi connectivity index (χ4n) is 5.17. The number of nitrogens with zero attached hydrogens (tertiary/aromatic N) is 3. The molecule has 0 aliphatic carbocycles. The molecule has 4 rings (SSSR count). The summed E-state index contributed by atoms with van der Waals surface area (Å²) in [5.74, 6) is -1.56. The van der Waals surface area contributed by atoms with Gasteiger partial charge in [0, 0.05) is 19.0 Å². The van der Waals surface area contributed by atoms with E-state index in [1.54, 1.807) is 64.2 Å². The Morgan fingerprint density at radius 1 is 1.00 bits per heavy atom. The lowest BCUT2D eigenvalue weighted by atomic mass is 10.1. The Kier molecular flexibility index (Phi) is 11.6. The zero-order chi connectivity index (χ0) is 35.9. The minimum atomic E-state index is -0.822. The average Bonchev–Trinajstić information content (AvgIpc) is 3.44. The van der Waals surface area contributed by atoms with E-state index in [0.29, 0.717) is 54.1 Å². The molecule has 1 heterocycles. The van der Waals surface area contributed by atoms with Crippen LogP contribution in [0.2, 0.25) is 0 Å². The van der Waals surface area contributed by atoms with Crippen molar-refractivity contribution in [2.24, 2.45) is 5.73 Å². The van der Waals surface area contributed by atoms with Gasteiger partial charge < -0.3 is 39.8 Å². The van der Waals surface area contributed by atoms with Crippen LogP contribution in [-0.4, -0.2) is 64.8 Å². The van der Waals surface area contributed by atoms with Gasteiger partial charge in [-0.25, -0.2) is 9.78 Å². The highest BCUT2D eigenvalue weighted by Gasteiger charge is 2.26. The Balaban J connectivity index is 1.53. The predicted molar refractivity (Wildman–Crippen MR) is 186 cm³/mol. The van der Waals surface area contributed by atoms with E-state index in [4.69, 9.17) is 25.1 Å². The van der Waals surface area contributed by atoms with E-state index < -0.39 is 23.4 Å². The summed E-state index contributed by atoms with van der Waals surface area (Å²) in [6, 6.07) is 15.2. The lowest BCUT2D eigenvalue weighted by molar-refractivity contribution is -0.137. The summed E-state index contributed by atoms with van der Waals surface area (Å²) in [4.78, 5) is 56.8. The second-order valence-electron chi connectivity index (χ2n) is 12.5. The molecule has 1 aromatic heterocycles. The van der Waals surface area contributed by atoms with E-state index in [9.17, 15) is 19.2 Å². The number of imidazole rings is 1. The second-order valence-corrected chi connectivity index (χ2v) is 12.5. The second kappa shape index (κ2) is 15.6. The number of aryl methyl sites for hydroxylation is 1. The number of nitrogens with one attached hydrogen (secondary N) is 1.